The van der Waals surface area contributed by atoms with Crippen LogP contribution in [0.5, 0.6) is 0 Å². The molecule has 0 atom stereocenters. The molecule has 2 aliphatic heterocycles. The van der Waals surface area contributed by atoms with Gasteiger partial charge in [0, 0.05) is 62.7 Å². The van der Waals surface area contributed by atoms with Crippen LogP contribution in [0.3, 0.4) is 0 Å². The number of benzene rings is 3. The summed E-state index contributed by atoms with van der Waals surface area (Å²) in [6, 6.07) is 25.0. The lowest BCUT2D eigenvalue weighted by Crippen LogP contribution is -2.61. The molecule has 0 radical (unpaired) electrons. The Labute approximate surface area is 312 Å². The Bertz CT molecular complexity index is 3250. The van der Waals surface area contributed by atoms with E-state index in [0.717, 1.165) is 33.7 Å². The predicted octanol–water partition coefficient (Wildman–Crippen LogP) is 8.72. The van der Waals surface area contributed by atoms with E-state index in [2.05, 4.69) is 121 Å². The van der Waals surface area contributed by atoms with Crippen LogP contribution in [0.15, 0.2) is 110 Å². The summed E-state index contributed by atoms with van der Waals surface area (Å²) >= 11 is 0. The number of anilines is 3. The topological polar surface area (TPSA) is 64.1 Å². The van der Waals surface area contributed by atoms with E-state index in [1.807, 2.05) is 49.4 Å². The number of fused-ring (bicyclic) bond motifs is 15. The van der Waals surface area contributed by atoms with Gasteiger partial charge in [0.25, 0.3) is 6.71 Å². The Balaban J connectivity index is 1.43. The van der Waals surface area contributed by atoms with Crippen molar-refractivity contribution in [2.24, 2.45) is 0 Å². The minimum absolute atomic E-state index is 0.0278. The van der Waals surface area contributed by atoms with E-state index >= 15 is 0 Å². The molecule has 0 saturated carbocycles. The van der Waals surface area contributed by atoms with Crippen LogP contribution in [-0.2, 0) is 10.8 Å². The Morgan fingerprint density at radius 3 is 1.94 bits per heavy atom. The molecule has 0 unspecified atom stereocenters. The van der Waals surface area contributed by atoms with E-state index in [1.165, 1.54) is 76.6 Å². The molecule has 0 bridgehead atoms. The highest BCUT2D eigenvalue weighted by Crippen LogP contribution is 2.52. The van der Waals surface area contributed by atoms with Gasteiger partial charge in [0.05, 0.1) is 68.9 Å². The first-order valence-corrected chi connectivity index (χ1v) is 18.8. The molecular formula is C46H36BN7. The van der Waals surface area contributed by atoms with Gasteiger partial charge in [0.2, 0.25) is 0 Å². The zero-order valence-electron chi connectivity index (χ0n) is 31.1. The SMILES string of the molecule is CC(C)(C)c1ccc2c(c1)c1c3c4c(c5c6cc(C(C)(C)C)ccc6n2c15)-n1c2cnccc2c2ccnc(c21)B4c1ccncc1N3c1cccnc1. The molecule has 9 heterocycles. The monoisotopic (exact) mass is 697 g/mol. The molecule has 258 valence electrons. The molecule has 10 aromatic rings. The summed E-state index contributed by atoms with van der Waals surface area (Å²) in [6.45, 7) is 13.7. The van der Waals surface area contributed by atoms with Crippen molar-refractivity contribution < 1.29 is 0 Å². The van der Waals surface area contributed by atoms with Crippen molar-refractivity contribution >= 4 is 100 Å². The molecule has 8 heteroatoms. The second-order valence-corrected chi connectivity index (χ2v) is 17.2. The third-order valence-corrected chi connectivity index (χ3v) is 12.2. The van der Waals surface area contributed by atoms with Crippen molar-refractivity contribution in [1.29, 1.82) is 0 Å². The van der Waals surface area contributed by atoms with Gasteiger partial charge in [-0.05, 0) is 87.5 Å². The molecule has 0 spiro atoms. The van der Waals surface area contributed by atoms with Gasteiger partial charge < -0.3 is 13.9 Å². The molecule has 2 aliphatic rings. The van der Waals surface area contributed by atoms with Gasteiger partial charge in [-0.3, -0.25) is 19.9 Å². The summed E-state index contributed by atoms with van der Waals surface area (Å²) in [4.78, 5) is 21.9. The molecule has 0 fully saturated rings. The first-order chi connectivity index (χ1) is 26.1. The standard InChI is InChI=1S/C46H36BN7/c1-45(2,3)25-9-11-33-30(20-25)37-41-38(31-21-26(46(4,5)6)10-12-34(31)53(33)41)43-39-42(37)52(27-8-7-16-48-22-27)36-24-50-18-15-32(36)47(39)44-40-29(14-19-51-44)28-13-17-49-23-35(28)54(40)43/h7-24H,1-6H3. The van der Waals surface area contributed by atoms with Crippen LogP contribution in [0, 0.1) is 0 Å². The molecule has 0 saturated heterocycles. The number of rotatable bonds is 1. The maximum absolute atomic E-state index is 5.29. The number of aromatic nitrogens is 6. The first-order valence-electron chi connectivity index (χ1n) is 18.8. The van der Waals surface area contributed by atoms with Crippen molar-refractivity contribution in [3.8, 4) is 5.69 Å². The second kappa shape index (κ2) is 9.82. The number of nitrogens with zero attached hydrogens (tertiary/aromatic N) is 7. The van der Waals surface area contributed by atoms with Gasteiger partial charge in [0.15, 0.2) is 0 Å². The largest absolute Gasteiger partial charge is 0.308 e. The molecule has 3 aromatic carbocycles. The predicted molar refractivity (Wildman–Crippen MR) is 223 cm³/mol. The summed E-state index contributed by atoms with van der Waals surface area (Å²) in [6.07, 6.45) is 13.7. The van der Waals surface area contributed by atoms with Crippen molar-refractivity contribution in [3.05, 3.63) is 121 Å². The minimum atomic E-state index is -0.130. The molecule has 0 amide bonds. The van der Waals surface area contributed by atoms with E-state index in [1.54, 1.807) is 0 Å². The van der Waals surface area contributed by atoms with Crippen LogP contribution in [0.25, 0.3) is 65.6 Å². The molecule has 0 aliphatic carbocycles. The highest BCUT2D eigenvalue weighted by Gasteiger charge is 2.46. The minimum Gasteiger partial charge on any atom is -0.308 e. The molecule has 12 rings (SSSR count). The van der Waals surface area contributed by atoms with E-state index in [-0.39, 0.29) is 17.5 Å². The summed E-state index contributed by atoms with van der Waals surface area (Å²) in [7, 11) is 0. The smallest absolute Gasteiger partial charge is 0.275 e. The summed E-state index contributed by atoms with van der Waals surface area (Å²) in [5.41, 5.74) is 16.4. The second-order valence-electron chi connectivity index (χ2n) is 17.2. The van der Waals surface area contributed by atoms with Crippen molar-refractivity contribution in [1.82, 2.24) is 28.9 Å². The first kappa shape index (κ1) is 30.2. The zero-order chi connectivity index (χ0) is 36.4. The van der Waals surface area contributed by atoms with Gasteiger partial charge in [-0.25, -0.2) is 0 Å². The van der Waals surface area contributed by atoms with Crippen LogP contribution >= 0.6 is 0 Å². The molecular weight excluding hydrogens is 661 g/mol. The quantitative estimate of drug-likeness (QED) is 0.161. The highest BCUT2D eigenvalue weighted by atomic mass is 15.2. The Kier molecular flexibility index (Phi) is 5.50. The van der Waals surface area contributed by atoms with Crippen LogP contribution in [0.1, 0.15) is 52.7 Å². The maximum atomic E-state index is 5.29. The average Bonchev–Trinajstić information content (AvgIpc) is 3.81. The van der Waals surface area contributed by atoms with Crippen LogP contribution in [-0.4, -0.2) is 35.6 Å². The maximum Gasteiger partial charge on any atom is 0.275 e. The summed E-state index contributed by atoms with van der Waals surface area (Å²) in [5, 5.41) is 7.40. The van der Waals surface area contributed by atoms with Gasteiger partial charge in [-0.1, -0.05) is 53.7 Å². The van der Waals surface area contributed by atoms with Crippen molar-refractivity contribution in [2.75, 3.05) is 4.90 Å². The molecule has 54 heavy (non-hydrogen) atoms. The number of hydrogen-bond acceptors (Lipinski definition) is 5. The lowest BCUT2D eigenvalue weighted by molar-refractivity contribution is 0.591. The normalized spacial score (nSPS) is 14.0. The van der Waals surface area contributed by atoms with E-state index in [0.29, 0.717) is 0 Å². The fourth-order valence-electron chi connectivity index (χ4n) is 9.79. The van der Waals surface area contributed by atoms with E-state index in [4.69, 9.17) is 15.0 Å². The Morgan fingerprint density at radius 2 is 1.24 bits per heavy atom. The third-order valence-electron chi connectivity index (χ3n) is 12.2. The van der Waals surface area contributed by atoms with Gasteiger partial charge in [0.1, 0.15) is 0 Å². The van der Waals surface area contributed by atoms with E-state index < -0.39 is 0 Å². The molecule has 7 nitrogen and oxygen atoms in total. The fraction of sp³-hybridized carbons (Fsp3) is 0.174. The lowest BCUT2D eigenvalue weighted by Gasteiger charge is -2.40. The Morgan fingerprint density at radius 1 is 0.574 bits per heavy atom. The van der Waals surface area contributed by atoms with Crippen molar-refractivity contribution in [3.63, 3.8) is 0 Å². The number of pyridine rings is 4. The summed E-state index contributed by atoms with van der Waals surface area (Å²) in [5.74, 6) is 0. The third kappa shape index (κ3) is 3.59. The number of hydrogen-bond donors (Lipinski definition) is 0. The van der Waals surface area contributed by atoms with Crippen LogP contribution < -0.4 is 21.4 Å². The van der Waals surface area contributed by atoms with E-state index in [9.17, 15) is 0 Å². The lowest BCUT2D eigenvalue weighted by atomic mass is 9.35. The van der Waals surface area contributed by atoms with Crippen LogP contribution in [0.4, 0.5) is 17.1 Å². The van der Waals surface area contributed by atoms with Gasteiger partial charge >= 0.3 is 0 Å². The average molecular weight is 698 g/mol. The Hall–Kier alpha value is -6.28. The van der Waals surface area contributed by atoms with Gasteiger partial charge in [-0.2, -0.15) is 0 Å². The van der Waals surface area contributed by atoms with Gasteiger partial charge in [-0.15, -0.1) is 0 Å². The molecule has 0 N–H and O–H groups in total. The fourth-order valence-corrected chi connectivity index (χ4v) is 9.79. The summed E-state index contributed by atoms with van der Waals surface area (Å²) < 4.78 is 5.04. The highest BCUT2D eigenvalue weighted by molar-refractivity contribution is 7.00. The van der Waals surface area contributed by atoms with Crippen molar-refractivity contribution in [2.45, 2.75) is 52.4 Å². The van der Waals surface area contributed by atoms with Crippen LogP contribution in [0.2, 0.25) is 0 Å². The zero-order valence-corrected chi connectivity index (χ0v) is 31.1. The molecule has 7 aromatic heterocycles.